The van der Waals surface area contributed by atoms with Crippen LogP contribution in [0.1, 0.15) is 17.3 Å². The minimum absolute atomic E-state index is 0.0909. The van der Waals surface area contributed by atoms with Gasteiger partial charge < -0.3 is 4.74 Å². The molecule has 0 bridgehead atoms. The number of rotatable bonds is 3. The van der Waals surface area contributed by atoms with Crippen LogP contribution >= 0.6 is 34.8 Å². The highest BCUT2D eigenvalue weighted by atomic mass is 35.5. The van der Waals surface area contributed by atoms with Crippen molar-refractivity contribution in [1.82, 2.24) is 0 Å². The molecule has 0 radical (unpaired) electrons. The van der Waals surface area contributed by atoms with Gasteiger partial charge in [0.15, 0.2) is 5.78 Å². The van der Waals surface area contributed by atoms with E-state index in [2.05, 4.69) is 0 Å². The minimum Gasteiger partial charge on any atom is -0.455 e. The van der Waals surface area contributed by atoms with Crippen LogP contribution in [0, 0.1) is 0 Å². The van der Waals surface area contributed by atoms with Crippen molar-refractivity contribution < 1.29 is 9.53 Å². The van der Waals surface area contributed by atoms with Gasteiger partial charge in [-0.15, -0.1) is 0 Å². The second-order valence-corrected chi connectivity index (χ2v) is 4.99. The number of carbonyl (C=O) groups excluding carboxylic acids is 1. The van der Waals surface area contributed by atoms with Crippen molar-refractivity contribution in [2.24, 2.45) is 0 Å². The molecular weight excluding hydrogens is 307 g/mol. The van der Waals surface area contributed by atoms with Gasteiger partial charge in [0, 0.05) is 0 Å². The molecule has 2 nitrogen and oxygen atoms in total. The Hall–Kier alpha value is -1.22. The first-order chi connectivity index (χ1) is 9.00. The molecule has 2 aromatic rings. The van der Waals surface area contributed by atoms with Crippen LogP contribution in [0.2, 0.25) is 15.1 Å². The molecule has 0 fully saturated rings. The van der Waals surface area contributed by atoms with Gasteiger partial charge in [0.2, 0.25) is 0 Å². The average molecular weight is 316 g/mol. The molecule has 0 unspecified atom stereocenters. The van der Waals surface area contributed by atoms with E-state index in [4.69, 9.17) is 39.5 Å². The predicted molar refractivity (Wildman–Crippen MR) is 78.0 cm³/mol. The molecule has 0 spiro atoms. The minimum atomic E-state index is -0.0909. The maximum atomic E-state index is 11.5. The van der Waals surface area contributed by atoms with E-state index in [1.54, 1.807) is 36.4 Å². The summed E-state index contributed by atoms with van der Waals surface area (Å²) in [6.07, 6.45) is 0. The molecule has 19 heavy (non-hydrogen) atoms. The highest BCUT2D eigenvalue weighted by molar-refractivity contribution is 6.48. The molecule has 0 aliphatic carbocycles. The summed E-state index contributed by atoms with van der Waals surface area (Å²) in [4.78, 5) is 11.5. The van der Waals surface area contributed by atoms with Crippen molar-refractivity contribution in [3.8, 4) is 11.5 Å². The fourth-order valence-corrected chi connectivity index (χ4v) is 2.12. The molecule has 0 amide bonds. The number of hydrogen-bond donors (Lipinski definition) is 0. The Kier molecular flexibility index (Phi) is 4.35. The van der Waals surface area contributed by atoms with Crippen LogP contribution in [0.5, 0.6) is 11.5 Å². The maximum absolute atomic E-state index is 11.5. The first-order valence-electron chi connectivity index (χ1n) is 5.42. The van der Waals surface area contributed by atoms with E-state index in [0.29, 0.717) is 22.1 Å². The van der Waals surface area contributed by atoms with Crippen molar-refractivity contribution in [3.05, 3.63) is 57.0 Å². The Morgan fingerprint density at radius 2 is 1.63 bits per heavy atom. The van der Waals surface area contributed by atoms with Crippen LogP contribution in [0.25, 0.3) is 0 Å². The SMILES string of the molecule is CC(=O)c1ccccc1Oc1ccc(Cl)c(Cl)c1Cl. The Morgan fingerprint density at radius 1 is 0.947 bits per heavy atom. The number of benzene rings is 2. The van der Waals surface area contributed by atoms with Gasteiger partial charge in [0.05, 0.1) is 15.6 Å². The molecule has 2 aromatic carbocycles. The lowest BCUT2D eigenvalue weighted by Crippen LogP contribution is -1.97. The van der Waals surface area contributed by atoms with Crippen molar-refractivity contribution in [2.75, 3.05) is 0 Å². The van der Waals surface area contributed by atoms with Crippen molar-refractivity contribution in [2.45, 2.75) is 6.92 Å². The second kappa shape index (κ2) is 5.83. The first-order valence-corrected chi connectivity index (χ1v) is 6.55. The van der Waals surface area contributed by atoms with Gasteiger partial charge in [0.1, 0.15) is 16.5 Å². The van der Waals surface area contributed by atoms with Crippen LogP contribution in [0.3, 0.4) is 0 Å². The number of para-hydroxylation sites is 1. The van der Waals surface area contributed by atoms with E-state index >= 15 is 0 Å². The van der Waals surface area contributed by atoms with Gasteiger partial charge in [-0.1, -0.05) is 46.9 Å². The third kappa shape index (κ3) is 3.03. The summed E-state index contributed by atoms with van der Waals surface area (Å²) in [5.74, 6) is 0.687. The Labute approximate surface area is 125 Å². The van der Waals surface area contributed by atoms with Crippen LogP contribution < -0.4 is 4.74 Å². The molecule has 0 saturated heterocycles. The molecule has 0 N–H and O–H groups in total. The highest BCUT2D eigenvalue weighted by Crippen LogP contribution is 2.39. The fraction of sp³-hybridized carbons (Fsp3) is 0.0714. The topological polar surface area (TPSA) is 26.3 Å². The van der Waals surface area contributed by atoms with E-state index < -0.39 is 0 Å². The molecule has 0 aliphatic rings. The third-order valence-corrected chi connectivity index (χ3v) is 3.76. The third-order valence-electron chi connectivity index (χ3n) is 2.49. The smallest absolute Gasteiger partial charge is 0.163 e. The summed E-state index contributed by atoms with van der Waals surface area (Å²) in [5.41, 5.74) is 0.477. The van der Waals surface area contributed by atoms with E-state index in [0.717, 1.165) is 0 Å². The molecule has 98 valence electrons. The lowest BCUT2D eigenvalue weighted by molar-refractivity contribution is 0.101. The standard InChI is InChI=1S/C14H9Cl3O2/c1-8(18)9-4-2-3-5-11(9)19-12-7-6-10(15)13(16)14(12)17/h2-7H,1H3. The molecule has 0 heterocycles. The van der Waals surface area contributed by atoms with Crippen LogP contribution in [0.15, 0.2) is 36.4 Å². The van der Waals surface area contributed by atoms with E-state index in [1.165, 1.54) is 6.92 Å². The normalized spacial score (nSPS) is 10.3. The molecule has 0 saturated carbocycles. The number of halogens is 3. The molecule has 0 aromatic heterocycles. The molecule has 2 rings (SSSR count). The van der Waals surface area contributed by atoms with Crippen molar-refractivity contribution in [1.29, 1.82) is 0 Å². The summed E-state index contributed by atoms with van der Waals surface area (Å²) < 4.78 is 5.64. The monoisotopic (exact) mass is 314 g/mol. The van der Waals surface area contributed by atoms with Gasteiger partial charge in [-0.2, -0.15) is 0 Å². The van der Waals surface area contributed by atoms with E-state index in [1.807, 2.05) is 0 Å². The van der Waals surface area contributed by atoms with Gasteiger partial charge in [-0.05, 0) is 31.2 Å². The van der Waals surface area contributed by atoms with Crippen LogP contribution in [0.4, 0.5) is 0 Å². The lowest BCUT2D eigenvalue weighted by Gasteiger charge is -2.11. The molecule has 5 heteroatoms. The van der Waals surface area contributed by atoms with E-state index in [-0.39, 0.29) is 15.8 Å². The number of hydrogen-bond acceptors (Lipinski definition) is 2. The number of Topliss-reactive ketones (excluding diaryl/α,β-unsaturated/α-hetero) is 1. The summed E-state index contributed by atoms with van der Waals surface area (Å²) in [6, 6.07) is 10.1. The summed E-state index contributed by atoms with van der Waals surface area (Å²) in [6.45, 7) is 1.47. The fourth-order valence-electron chi connectivity index (χ4n) is 1.55. The second-order valence-electron chi connectivity index (χ2n) is 3.83. The van der Waals surface area contributed by atoms with Gasteiger partial charge in [-0.3, -0.25) is 4.79 Å². The number of carbonyl (C=O) groups is 1. The van der Waals surface area contributed by atoms with Gasteiger partial charge in [-0.25, -0.2) is 0 Å². The van der Waals surface area contributed by atoms with Crippen LogP contribution in [-0.2, 0) is 0 Å². The Morgan fingerprint density at radius 3 is 2.32 bits per heavy atom. The quantitative estimate of drug-likeness (QED) is 0.541. The zero-order valence-corrected chi connectivity index (χ0v) is 12.2. The lowest BCUT2D eigenvalue weighted by atomic mass is 10.1. The van der Waals surface area contributed by atoms with Gasteiger partial charge in [0.25, 0.3) is 0 Å². The van der Waals surface area contributed by atoms with E-state index in [9.17, 15) is 4.79 Å². The average Bonchev–Trinajstić information content (AvgIpc) is 2.40. The zero-order valence-electron chi connectivity index (χ0n) is 9.91. The van der Waals surface area contributed by atoms with Gasteiger partial charge >= 0.3 is 0 Å². The Balaban J connectivity index is 2.42. The van der Waals surface area contributed by atoms with Crippen molar-refractivity contribution in [3.63, 3.8) is 0 Å². The summed E-state index contributed by atoms with van der Waals surface area (Å²) >= 11 is 17.8. The number of ether oxygens (including phenoxy) is 1. The first kappa shape index (κ1) is 14.2. The highest BCUT2D eigenvalue weighted by Gasteiger charge is 2.13. The molecule has 0 aliphatic heterocycles. The largest absolute Gasteiger partial charge is 0.455 e. The molecule has 0 atom stereocenters. The summed E-state index contributed by atoms with van der Waals surface area (Å²) in [7, 11) is 0. The maximum Gasteiger partial charge on any atom is 0.163 e. The predicted octanol–water partition coefficient (Wildman–Crippen LogP) is 5.64. The number of ketones is 1. The zero-order chi connectivity index (χ0) is 14.0. The Bertz CT molecular complexity index is 639. The summed E-state index contributed by atoms with van der Waals surface area (Å²) in [5, 5.41) is 0.785. The van der Waals surface area contributed by atoms with Crippen molar-refractivity contribution >= 4 is 40.6 Å². The van der Waals surface area contributed by atoms with Crippen LogP contribution in [-0.4, -0.2) is 5.78 Å². The molecular formula is C14H9Cl3O2.